The summed E-state index contributed by atoms with van der Waals surface area (Å²) in [5.41, 5.74) is 3.37. The number of aryl methyl sites for hydroxylation is 1. The van der Waals surface area contributed by atoms with Crippen LogP contribution >= 0.6 is 11.8 Å². The third kappa shape index (κ3) is 4.48. The lowest BCUT2D eigenvalue weighted by Crippen LogP contribution is -2.17. The van der Waals surface area contributed by atoms with E-state index in [2.05, 4.69) is 57.0 Å². The summed E-state index contributed by atoms with van der Waals surface area (Å²) in [5.74, 6) is 2.59. The van der Waals surface area contributed by atoms with Crippen molar-refractivity contribution in [1.82, 2.24) is 19.7 Å². The molecule has 2 aromatic heterocycles. The van der Waals surface area contributed by atoms with Gasteiger partial charge in [0.05, 0.1) is 19.3 Å². The van der Waals surface area contributed by atoms with Crippen LogP contribution in [0, 0.1) is 6.92 Å². The molecule has 1 fully saturated rings. The van der Waals surface area contributed by atoms with Crippen LogP contribution < -0.4 is 4.74 Å². The Balaban J connectivity index is 1.35. The number of H-pyrrole nitrogens is 1. The van der Waals surface area contributed by atoms with E-state index in [0.717, 1.165) is 64.9 Å². The summed E-state index contributed by atoms with van der Waals surface area (Å²) < 4.78 is 14.0. The van der Waals surface area contributed by atoms with E-state index in [4.69, 9.17) is 9.47 Å². The largest absolute Gasteiger partial charge is 0.493 e. The zero-order valence-electron chi connectivity index (χ0n) is 17.6. The van der Waals surface area contributed by atoms with Crippen molar-refractivity contribution in [2.24, 2.45) is 0 Å². The lowest BCUT2D eigenvalue weighted by atomic mass is 10.1. The Bertz CT molecular complexity index is 1160. The zero-order valence-corrected chi connectivity index (χ0v) is 18.4. The molecule has 0 aliphatic carbocycles. The van der Waals surface area contributed by atoms with Gasteiger partial charge in [-0.2, -0.15) is 0 Å². The minimum atomic E-state index is 0.211. The number of ether oxygens (including phenoxy) is 2. The van der Waals surface area contributed by atoms with Gasteiger partial charge in [-0.15, -0.1) is 10.2 Å². The predicted molar refractivity (Wildman–Crippen MR) is 124 cm³/mol. The van der Waals surface area contributed by atoms with E-state index in [1.807, 2.05) is 24.4 Å². The molecular weight excluding hydrogens is 408 g/mol. The quantitative estimate of drug-likeness (QED) is 0.309. The summed E-state index contributed by atoms with van der Waals surface area (Å²) >= 11 is 1.68. The average Bonchev–Trinajstić information content (AvgIpc) is 3.52. The topological polar surface area (TPSA) is 65.0 Å². The SMILES string of the molecule is Cc1cccc(OCCSc2nnc(-c3c[nH]c4ccccc34)n2CC2CCCO2)c1. The van der Waals surface area contributed by atoms with Crippen molar-refractivity contribution in [3.63, 3.8) is 0 Å². The van der Waals surface area contributed by atoms with Crippen LogP contribution in [-0.4, -0.2) is 44.8 Å². The van der Waals surface area contributed by atoms with E-state index in [-0.39, 0.29) is 6.10 Å². The lowest BCUT2D eigenvalue weighted by molar-refractivity contribution is 0.0953. The first kappa shape index (κ1) is 20.2. The molecule has 7 heteroatoms. The molecule has 0 bridgehead atoms. The van der Waals surface area contributed by atoms with Gasteiger partial charge >= 0.3 is 0 Å². The van der Waals surface area contributed by atoms with Crippen LogP contribution in [-0.2, 0) is 11.3 Å². The number of rotatable bonds is 8. The van der Waals surface area contributed by atoms with Gasteiger partial charge in [-0.1, -0.05) is 42.1 Å². The number of fused-ring (bicyclic) bond motifs is 1. The average molecular weight is 435 g/mol. The molecule has 31 heavy (non-hydrogen) atoms. The van der Waals surface area contributed by atoms with Crippen LogP contribution in [0.4, 0.5) is 0 Å². The van der Waals surface area contributed by atoms with E-state index >= 15 is 0 Å². The summed E-state index contributed by atoms with van der Waals surface area (Å²) in [5, 5.41) is 11.2. The maximum atomic E-state index is 5.92. The highest BCUT2D eigenvalue weighted by molar-refractivity contribution is 7.99. The fourth-order valence-corrected chi connectivity index (χ4v) is 4.77. The van der Waals surface area contributed by atoms with E-state index < -0.39 is 0 Å². The lowest BCUT2D eigenvalue weighted by Gasteiger charge is -2.14. The molecule has 1 saturated heterocycles. The van der Waals surface area contributed by atoms with Crippen LogP contribution in [0.15, 0.2) is 59.9 Å². The van der Waals surface area contributed by atoms with Gasteiger partial charge < -0.3 is 14.5 Å². The van der Waals surface area contributed by atoms with Crippen LogP contribution in [0.25, 0.3) is 22.3 Å². The molecule has 2 aromatic carbocycles. The van der Waals surface area contributed by atoms with Crippen molar-refractivity contribution in [3.8, 4) is 17.1 Å². The summed E-state index contributed by atoms with van der Waals surface area (Å²) in [6, 6.07) is 16.4. The number of para-hydroxylation sites is 1. The van der Waals surface area contributed by atoms with Gasteiger partial charge in [0.1, 0.15) is 5.75 Å². The van der Waals surface area contributed by atoms with E-state index in [9.17, 15) is 0 Å². The molecule has 0 spiro atoms. The Morgan fingerprint density at radius 2 is 2.13 bits per heavy atom. The van der Waals surface area contributed by atoms with Crippen LogP contribution in [0.3, 0.4) is 0 Å². The molecule has 0 amide bonds. The van der Waals surface area contributed by atoms with Gasteiger partial charge in [0.25, 0.3) is 0 Å². The standard InChI is InChI=1S/C24H26N4O2S/c1-17-6-4-7-18(14-17)30-12-13-31-24-27-26-23(28(24)16-19-8-5-11-29-19)21-15-25-22-10-3-2-9-20(21)22/h2-4,6-7,9-10,14-15,19,25H,5,8,11-13,16H2,1H3. The Hall–Kier alpha value is -2.77. The minimum absolute atomic E-state index is 0.211. The Labute approximate surface area is 186 Å². The van der Waals surface area contributed by atoms with Gasteiger partial charge in [0, 0.05) is 35.0 Å². The van der Waals surface area contributed by atoms with Gasteiger partial charge in [-0.3, -0.25) is 4.57 Å². The molecule has 5 rings (SSSR count). The van der Waals surface area contributed by atoms with Gasteiger partial charge in [-0.05, 0) is 43.5 Å². The Morgan fingerprint density at radius 3 is 3.00 bits per heavy atom. The van der Waals surface area contributed by atoms with Crippen LogP contribution in [0.5, 0.6) is 5.75 Å². The fraction of sp³-hybridized carbons (Fsp3) is 0.333. The molecule has 160 valence electrons. The zero-order chi connectivity index (χ0) is 21.0. The normalized spacial score (nSPS) is 16.2. The number of benzene rings is 2. The second-order valence-corrected chi connectivity index (χ2v) is 8.88. The van der Waals surface area contributed by atoms with Crippen molar-refractivity contribution in [1.29, 1.82) is 0 Å². The van der Waals surface area contributed by atoms with Crippen molar-refractivity contribution in [3.05, 3.63) is 60.3 Å². The first-order valence-electron chi connectivity index (χ1n) is 10.7. The molecule has 0 saturated carbocycles. The highest BCUT2D eigenvalue weighted by Gasteiger charge is 2.23. The van der Waals surface area contributed by atoms with Crippen molar-refractivity contribution < 1.29 is 9.47 Å². The van der Waals surface area contributed by atoms with Gasteiger partial charge in [0.15, 0.2) is 11.0 Å². The van der Waals surface area contributed by atoms with E-state index in [0.29, 0.717) is 6.61 Å². The molecular formula is C24H26N4O2S. The number of thioether (sulfide) groups is 1. The summed E-state index contributed by atoms with van der Waals surface area (Å²) in [7, 11) is 0. The number of aromatic amines is 1. The first-order valence-corrected chi connectivity index (χ1v) is 11.7. The molecule has 1 aliphatic heterocycles. The van der Waals surface area contributed by atoms with E-state index in [1.165, 1.54) is 5.56 Å². The molecule has 1 unspecified atom stereocenters. The van der Waals surface area contributed by atoms with Gasteiger partial charge in [-0.25, -0.2) is 0 Å². The monoisotopic (exact) mass is 434 g/mol. The molecule has 0 radical (unpaired) electrons. The van der Waals surface area contributed by atoms with E-state index in [1.54, 1.807) is 11.8 Å². The van der Waals surface area contributed by atoms with Crippen molar-refractivity contribution >= 4 is 22.7 Å². The predicted octanol–water partition coefficient (Wildman–Crippen LogP) is 5.08. The fourth-order valence-electron chi connectivity index (χ4n) is 4.01. The number of hydrogen-bond acceptors (Lipinski definition) is 5. The summed E-state index contributed by atoms with van der Waals surface area (Å²) in [4.78, 5) is 3.35. The molecule has 6 nitrogen and oxygen atoms in total. The molecule has 1 N–H and O–H groups in total. The number of hydrogen-bond donors (Lipinski definition) is 1. The number of aromatic nitrogens is 4. The minimum Gasteiger partial charge on any atom is -0.493 e. The highest BCUT2D eigenvalue weighted by atomic mass is 32.2. The molecule has 3 heterocycles. The number of nitrogens with zero attached hydrogens (tertiary/aromatic N) is 3. The third-order valence-corrected chi connectivity index (χ3v) is 6.46. The Morgan fingerprint density at radius 1 is 1.19 bits per heavy atom. The molecule has 4 aromatic rings. The maximum absolute atomic E-state index is 5.92. The first-order chi connectivity index (χ1) is 15.3. The highest BCUT2D eigenvalue weighted by Crippen LogP contribution is 2.31. The third-order valence-electron chi connectivity index (χ3n) is 5.53. The summed E-state index contributed by atoms with van der Waals surface area (Å²) in [6.45, 7) is 4.29. The molecule has 1 aliphatic rings. The van der Waals surface area contributed by atoms with Crippen LogP contribution in [0.2, 0.25) is 0 Å². The van der Waals surface area contributed by atoms with Crippen molar-refractivity contribution in [2.75, 3.05) is 19.0 Å². The maximum Gasteiger partial charge on any atom is 0.191 e. The van der Waals surface area contributed by atoms with Gasteiger partial charge in [0.2, 0.25) is 0 Å². The molecule has 1 atom stereocenters. The smallest absolute Gasteiger partial charge is 0.191 e. The van der Waals surface area contributed by atoms with Crippen molar-refractivity contribution in [2.45, 2.75) is 37.6 Å². The van der Waals surface area contributed by atoms with Crippen LogP contribution in [0.1, 0.15) is 18.4 Å². The number of nitrogens with one attached hydrogen (secondary N) is 1. The Kier molecular flexibility index (Phi) is 5.95. The summed E-state index contributed by atoms with van der Waals surface area (Å²) in [6.07, 6.45) is 4.42. The second-order valence-electron chi connectivity index (χ2n) is 7.81. The second kappa shape index (κ2) is 9.16.